The Kier molecular flexibility index (Phi) is 7.80. The molecule has 0 atom stereocenters. The van der Waals surface area contributed by atoms with Gasteiger partial charge >= 0.3 is 12.5 Å². The molecule has 1 aliphatic rings. The van der Waals surface area contributed by atoms with Crippen LogP contribution in [0.25, 0.3) is 11.1 Å². The lowest BCUT2D eigenvalue weighted by Crippen LogP contribution is -2.39. The van der Waals surface area contributed by atoms with E-state index in [1.165, 1.54) is 24.3 Å². The Hall–Kier alpha value is -4.92. The highest BCUT2D eigenvalue weighted by atomic mass is 19.4. The number of halogens is 3. The Balaban J connectivity index is 1.69. The molecule has 1 heterocycles. The number of aromatic nitrogens is 1. The number of benzene rings is 2. The summed E-state index contributed by atoms with van der Waals surface area (Å²) in [6.07, 6.45) is -4.68. The van der Waals surface area contributed by atoms with E-state index in [1.807, 2.05) is 6.07 Å². The first-order valence-electron chi connectivity index (χ1n) is 11.7. The van der Waals surface area contributed by atoms with Crippen molar-refractivity contribution in [2.75, 3.05) is 12.0 Å². The molecule has 3 aromatic rings. The van der Waals surface area contributed by atoms with Gasteiger partial charge in [-0.15, -0.1) is 13.2 Å². The van der Waals surface area contributed by atoms with Crippen LogP contribution in [0.1, 0.15) is 34.5 Å². The Labute approximate surface area is 220 Å². The van der Waals surface area contributed by atoms with E-state index in [2.05, 4.69) is 15.0 Å². The standard InChI is InChI=1S/C27H21F3N4O5/c1-38-26(37)34(25(36)19-6-7-19)23-13-20(18-8-10-21(11-9-18)39-27(28,29)30)12-22(33-23)24(35)32-15-17-4-2-16(14-31)3-5-17/h2-5,8-13,19H,6-7,15H2,1H3,(H,32,35). The van der Waals surface area contributed by atoms with Crippen molar-refractivity contribution in [3.63, 3.8) is 0 Å². The lowest BCUT2D eigenvalue weighted by molar-refractivity contribution is -0.274. The summed E-state index contributed by atoms with van der Waals surface area (Å²) in [5.74, 6) is -2.18. The summed E-state index contributed by atoms with van der Waals surface area (Å²) in [6, 6.07) is 16.2. The number of carbonyl (C=O) groups excluding carboxylic acids is 3. The van der Waals surface area contributed by atoms with Gasteiger partial charge in [0.1, 0.15) is 17.3 Å². The quantitative estimate of drug-likeness (QED) is 0.451. The summed E-state index contributed by atoms with van der Waals surface area (Å²) < 4.78 is 46.4. The van der Waals surface area contributed by atoms with Crippen molar-refractivity contribution >= 4 is 23.7 Å². The molecule has 4 rings (SSSR count). The summed E-state index contributed by atoms with van der Waals surface area (Å²) >= 11 is 0. The highest BCUT2D eigenvalue weighted by Crippen LogP contribution is 2.34. The minimum Gasteiger partial charge on any atom is -0.452 e. The van der Waals surface area contributed by atoms with Crippen LogP contribution in [0, 0.1) is 17.2 Å². The first-order valence-corrected chi connectivity index (χ1v) is 11.7. The smallest absolute Gasteiger partial charge is 0.452 e. The molecule has 2 aromatic carbocycles. The van der Waals surface area contributed by atoms with Gasteiger partial charge in [0.2, 0.25) is 5.91 Å². The monoisotopic (exact) mass is 538 g/mol. The number of pyridine rings is 1. The Morgan fingerprint density at radius 2 is 1.72 bits per heavy atom. The lowest BCUT2D eigenvalue weighted by Gasteiger charge is -2.20. The van der Waals surface area contributed by atoms with Crippen LogP contribution in [0.2, 0.25) is 0 Å². The van der Waals surface area contributed by atoms with Crippen molar-refractivity contribution in [3.05, 3.63) is 77.5 Å². The fourth-order valence-electron chi connectivity index (χ4n) is 3.63. The highest BCUT2D eigenvalue weighted by molar-refractivity contribution is 6.13. The van der Waals surface area contributed by atoms with Crippen LogP contribution in [0.3, 0.4) is 0 Å². The summed E-state index contributed by atoms with van der Waals surface area (Å²) in [6.45, 7) is 0.0942. The second-order valence-electron chi connectivity index (χ2n) is 8.58. The summed E-state index contributed by atoms with van der Waals surface area (Å²) in [7, 11) is 1.10. The van der Waals surface area contributed by atoms with Crippen LogP contribution < -0.4 is 15.0 Å². The Bertz CT molecular complexity index is 1430. The normalized spacial score (nSPS) is 12.7. The molecule has 1 fully saturated rings. The van der Waals surface area contributed by atoms with Crippen LogP contribution in [-0.2, 0) is 16.1 Å². The number of carbonyl (C=O) groups is 3. The van der Waals surface area contributed by atoms with E-state index in [0.29, 0.717) is 35.1 Å². The maximum Gasteiger partial charge on any atom is 0.573 e. The molecule has 1 saturated carbocycles. The number of hydrogen-bond acceptors (Lipinski definition) is 7. The second-order valence-corrected chi connectivity index (χ2v) is 8.58. The average molecular weight is 538 g/mol. The molecule has 0 unspecified atom stereocenters. The number of methoxy groups -OCH3 is 1. The molecule has 9 nitrogen and oxygen atoms in total. The molecule has 0 bridgehead atoms. The first-order chi connectivity index (χ1) is 18.6. The van der Waals surface area contributed by atoms with E-state index in [0.717, 1.165) is 24.1 Å². The molecule has 3 amide bonds. The third kappa shape index (κ3) is 6.89. The number of nitrogens with zero attached hydrogens (tertiary/aromatic N) is 3. The van der Waals surface area contributed by atoms with E-state index < -0.39 is 30.0 Å². The molecule has 39 heavy (non-hydrogen) atoms. The van der Waals surface area contributed by atoms with Gasteiger partial charge in [0.05, 0.1) is 18.7 Å². The molecule has 1 N–H and O–H groups in total. The average Bonchev–Trinajstić information content (AvgIpc) is 3.77. The zero-order valence-electron chi connectivity index (χ0n) is 20.5. The van der Waals surface area contributed by atoms with Gasteiger partial charge < -0.3 is 14.8 Å². The van der Waals surface area contributed by atoms with E-state index in [4.69, 9.17) is 10.00 Å². The topological polar surface area (TPSA) is 122 Å². The number of imide groups is 1. The summed E-state index contributed by atoms with van der Waals surface area (Å²) in [5, 5.41) is 11.6. The zero-order valence-corrected chi connectivity index (χ0v) is 20.5. The maximum absolute atomic E-state index is 13.1. The molecular weight excluding hydrogens is 517 g/mol. The van der Waals surface area contributed by atoms with E-state index in [9.17, 15) is 27.6 Å². The van der Waals surface area contributed by atoms with E-state index in [-0.39, 0.29) is 24.0 Å². The van der Waals surface area contributed by atoms with Crippen molar-refractivity contribution in [1.29, 1.82) is 5.26 Å². The fraction of sp³-hybridized carbons (Fsp3) is 0.222. The van der Waals surface area contributed by atoms with Gasteiger partial charge in [0.25, 0.3) is 5.91 Å². The van der Waals surface area contributed by atoms with E-state index in [1.54, 1.807) is 24.3 Å². The van der Waals surface area contributed by atoms with Crippen LogP contribution >= 0.6 is 0 Å². The molecule has 12 heteroatoms. The van der Waals surface area contributed by atoms with E-state index >= 15 is 0 Å². The lowest BCUT2D eigenvalue weighted by atomic mass is 10.0. The molecule has 1 aliphatic carbocycles. The Morgan fingerprint density at radius 1 is 1.05 bits per heavy atom. The summed E-state index contributed by atoms with van der Waals surface area (Å²) in [5.41, 5.74) is 1.69. The SMILES string of the molecule is COC(=O)N(C(=O)C1CC1)c1cc(-c2ccc(OC(F)(F)F)cc2)cc(C(=O)NCc2ccc(C#N)cc2)n1. The van der Waals surface area contributed by atoms with Crippen molar-refractivity contribution in [3.8, 4) is 22.9 Å². The molecule has 0 radical (unpaired) electrons. The number of amides is 3. The van der Waals surface area contributed by atoms with Gasteiger partial charge in [0.15, 0.2) is 0 Å². The minimum atomic E-state index is -4.87. The molecule has 200 valence electrons. The van der Waals surface area contributed by atoms with Gasteiger partial charge in [0, 0.05) is 12.5 Å². The number of ether oxygens (including phenoxy) is 2. The van der Waals surface area contributed by atoms with Crippen LogP contribution in [0.4, 0.5) is 23.8 Å². The third-order valence-corrected chi connectivity index (χ3v) is 5.74. The van der Waals surface area contributed by atoms with Gasteiger partial charge in [-0.05, 0) is 65.9 Å². The number of anilines is 1. The van der Waals surface area contributed by atoms with Crippen LogP contribution in [0.5, 0.6) is 5.75 Å². The van der Waals surface area contributed by atoms with Crippen molar-refractivity contribution in [1.82, 2.24) is 10.3 Å². The minimum absolute atomic E-state index is 0.0942. The summed E-state index contributed by atoms with van der Waals surface area (Å²) in [4.78, 5) is 43.5. The van der Waals surface area contributed by atoms with Crippen LogP contribution in [-0.4, -0.2) is 36.4 Å². The van der Waals surface area contributed by atoms with Crippen LogP contribution in [0.15, 0.2) is 60.7 Å². The Morgan fingerprint density at radius 3 is 2.28 bits per heavy atom. The number of nitrogens with one attached hydrogen (secondary N) is 1. The first kappa shape index (κ1) is 27.1. The molecular formula is C27H21F3N4O5. The molecule has 0 aliphatic heterocycles. The second kappa shape index (κ2) is 11.2. The third-order valence-electron chi connectivity index (χ3n) is 5.74. The van der Waals surface area contributed by atoms with Crippen molar-refractivity contribution < 1.29 is 37.0 Å². The van der Waals surface area contributed by atoms with Gasteiger partial charge in [-0.2, -0.15) is 10.2 Å². The molecule has 0 spiro atoms. The van der Waals surface area contributed by atoms with Gasteiger partial charge in [-0.1, -0.05) is 24.3 Å². The number of rotatable bonds is 7. The van der Waals surface area contributed by atoms with Gasteiger partial charge in [-0.3, -0.25) is 9.59 Å². The molecule has 1 aromatic heterocycles. The number of hydrogen-bond donors (Lipinski definition) is 1. The fourth-order valence-corrected chi connectivity index (χ4v) is 3.63. The maximum atomic E-state index is 13.1. The predicted molar refractivity (Wildman–Crippen MR) is 131 cm³/mol. The van der Waals surface area contributed by atoms with Gasteiger partial charge in [-0.25, -0.2) is 9.78 Å². The zero-order chi connectivity index (χ0) is 28.2. The van der Waals surface area contributed by atoms with Crippen molar-refractivity contribution in [2.45, 2.75) is 25.7 Å². The largest absolute Gasteiger partial charge is 0.573 e. The predicted octanol–water partition coefficient (Wildman–Crippen LogP) is 4.96. The van der Waals surface area contributed by atoms with Crippen molar-refractivity contribution in [2.24, 2.45) is 5.92 Å². The molecule has 0 saturated heterocycles. The number of nitriles is 1. The highest BCUT2D eigenvalue weighted by Gasteiger charge is 2.38. The number of alkyl halides is 3.